The summed E-state index contributed by atoms with van der Waals surface area (Å²) >= 11 is 24.2. The van der Waals surface area contributed by atoms with Crippen molar-refractivity contribution in [3.8, 4) is 5.69 Å². The molecule has 0 bridgehead atoms. The Bertz CT molecular complexity index is 845. The lowest BCUT2D eigenvalue weighted by Gasteiger charge is -2.11. The number of hydrogen-bond donors (Lipinski definition) is 0. The first kappa shape index (κ1) is 14.9. The molecule has 0 aliphatic heterocycles. The van der Waals surface area contributed by atoms with Gasteiger partial charge in [-0.1, -0.05) is 34.8 Å². The maximum atomic E-state index is 13.5. The van der Waals surface area contributed by atoms with E-state index >= 15 is 0 Å². The van der Waals surface area contributed by atoms with Gasteiger partial charge >= 0.3 is 0 Å². The average molecular weight is 364 g/mol. The zero-order valence-corrected chi connectivity index (χ0v) is 13.4. The average Bonchev–Trinajstić information content (AvgIpc) is 2.80. The lowest BCUT2D eigenvalue weighted by molar-refractivity contribution is 0.629. The highest BCUT2D eigenvalue weighted by atomic mass is 35.5. The van der Waals surface area contributed by atoms with Gasteiger partial charge in [0.05, 0.1) is 37.7 Å². The van der Waals surface area contributed by atoms with Crippen LogP contribution in [0.3, 0.4) is 0 Å². The first-order valence-electron chi connectivity index (χ1n) is 5.89. The standard InChI is InChI=1S/C14H7Cl4FN2/c15-6-14-20-11-2-1-7(19)3-13(11)21(14)12-5-9(17)8(16)4-10(12)18/h1-5H,6H2. The molecule has 0 saturated carbocycles. The van der Waals surface area contributed by atoms with E-state index in [2.05, 4.69) is 4.98 Å². The van der Waals surface area contributed by atoms with Crippen molar-refractivity contribution >= 4 is 57.4 Å². The molecule has 3 aromatic rings. The zero-order chi connectivity index (χ0) is 15.1. The molecule has 1 heterocycles. The minimum atomic E-state index is -0.374. The largest absolute Gasteiger partial charge is 0.294 e. The first-order valence-corrected chi connectivity index (χ1v) is 7.56. The molecule has 0 aliphatic carbocycles. The van der Waals surface area contributed by atoms with Crippen LogP contribution in [0.15, 0.2) is 30.3 Å². The van der Waals surface area contributed by atoms with E-state index in [4.69, 9.17) is 46.4 Å². The molecule has 108 valence electrons. The van der Waals surface area contributed by atoms with Gasteiger partial charge in [-0.3, -0.25) is 4.57 Å². The summed E-state index contributed by atoms with van der Waals surface area (Å²) in [5.74, 6) is 0.311. The normalized spacial score (nSPS) is 11.3. The van der Waals surface area contributed by atoms with Crippen molar-refractivity contribution < 1.29 is 4.39 Å². The molecule has 2 aromatic carbocycles. The highest BCUT2D eigenvalue weighted by Crippen LogP contribution is 2.34. The molecule has 21 heavy (non-hydrogen) atoms. The zero-order valence-electron chi connectivity index (χ0n) is 10.4. The molecule has 0 saturated heterocycles. The van der Waals surface area contributed by atoms with Gasteiger partial charge in [0.15, 0.2) is 0 Å². The number of nitrogens with zero attached hydrogens (tertiary/aromatic N) is 2. The Hall–Kier alpha value is -1.00. The maximum Gasteiger partial charge on any atom is 0.129 e. The minimum absolute atomic E-state index is 0.146. The van der Waals surface area contributed by atoms with Gasteiger partial charge in [-0.05, 0) is 24.3 Å². The Morgan fingerprint density at radius 1 is 1.00 bits per heavy atom. The molecule has 2 nitrogen and oxygen atoms in total. The van der Waals surface area contributed by atoms with E-state index in [-0.39, 0.29) is 11.7 Å². The lowest BCUT2D eigenvalue weighted by Crippen LogP contribution is -2.00. The SMILES string of the molecule is Fc1ccc2nc(CCl)n(-c3cc(Cl)c(Cl)cc3Cl)c2c1. The molecule has 0 N–H and O–H groups in total. The fraction of sp³-hybridized carbons (Fsp3) is 0.0714. The van der Waals surface area contributed by atoms with E-state index < -0.39 is 0 Å². The van der Waals surface area contributed by atoms with Crippen LogP contribution in [0.1, 0.15) is 5.82 Å². The number of halogens is 5. The third-order valence-corrected chi connectivity index (χ3v) is 4.30. The van der Waals surface area contributed by atoms with Gasteiger partial charge in [0.25, 0.3) is 0 Å². The fourth-order valence-electron chi connectivity index (χ4n) is 2.14. The van der Waals surface area contributed by atoms with E-state index in [1.54, 1.807) is 16.7 Å². The highest BCUT2D eigenvalue weighted by Gasteiger charge is 2.16. The number of alkyl halides is 1. The van der Waals surface area contributed by atoms with Crippen molar-refractivity contribution in [2.45, 2.75) is 5.88 Å². The Labute approximate surface area is 140 Å². The quantitative estimate of drug-likeness (QED) is 0.411. The van der Waals surface area contributed by atoms with Gasteiger partial charge in [-0.2, -0.15) is 0 Å². The van der Waals surface area contributed by atoms with Crippen LogP contribution >= 0.6 is 46.4 Å². The summed E-state index contributed by atoms with van der Waals surface area (Å²) in [5.41, 5.74) is 1.73. The second-order valence-corrected chi connectivity index (χ2v) is 5.84. The van der Waals surface area contributed by atoms with Gasteiger partial charge in [-0.25, -0.2) is 9.37 Å². The van der Waals surface area contributed by atoms with Gasteiger partial charge in [0, 0.05) is 6.07 Å². The molecule has 0 amide bonds. The summed E-state index contributed by atoms with van der Waals surface area (Å²) in [7, 11) is 0. The molecule has 0 fully saturated rings. The topological polar surface area (TPSA) is 17.8 Å². The van der Waals surface area contributed by atoms with E-state index in [9.17, 15) is 4.39 Å². The van der Waals surface area contributed by atoms with Crippen molar-refractivity contribution in [3.63, 3.8) is 0 Å². The number of benzene rings is 2. The Balaban J connectivity index is 2.38. The summed E-state index contributed by atoms with van der Waals surface area (Å²) in [6, 6.07) is 7.44. The van der Waals surface area contributed by atoms with Crippen LogP contribution in [0.5, 0.6) is 0 Å². The second kappa shape index (κ2) is 5.65. The molecule has 0 spiro atoms. The predicted octanol–water partition coefficient (Wildman–Crippen LogP) is 5.86. The molecule has 0 aliphatic rings. The fourth-order valence-corrected chi connectivity index (χ4v) is 2.95. The summed E-state index contributed by atoms with van der Waals surface area (Å²) in [6.45, 7) is 0. The molecule has 0 unspecified atom stereocenters. The molecular weight excluding hydrogens is 357 g/mol. The number of aromatic nitrogens is 2. The van der Waals surface area contributed by atoms with Gasteiger partial charge < -0.3 is 0 Å². The van der Waals surface area contributed by atoms with Gasteiger partial charge in [-0.15, -0.1) is 11.6 Å². The third-order valence-electron chi connectivity index (χ3n) is 3.04. The summed E-state index contributed by atoms with van der Waals surface area (Å²) < 4.78 is 15.2. The molecule has 1 aromatic heterocycles. The molecule has 3 rings (SSSR count). The van der Waals surface area contributed by atoms with Crippen molar-refractivity contribution in [2.75, 3.05) is 0 Å². The van der Waals surface area contributed by atoms with Crippen LogP contribution in [0.4, 0.5) is 4.39 Å². The van der Waals surface area contributed by atoms with Crippen molar-refractivity contribution in [3.05, 3.63) is 57.0 Å². The lowest BCUT2D eigenvalue weighted by atomic mass is 10.2. The summed E-state index contributed by atoms with van der Waals surface area (Å²) in [4.78, 5) is 4.37. The van der Waals surface area contributed by atoms with E-state index in [1.807, 2.05) is 0 Å². The maximum absolute atomic E-state index is 13.5. The number of rotatable bonds is 2. The van der Waals surface area contributed by atoms with E-state index in [0.717, 1.165) is 0 Å². The smallest absolute Gasteiger partial charge is 0.129 e. The Morgan fingerprint density at radius 3 is 2.43 bits per heavy atom. The van der Waals surface area contributed by atoms with E-state index in [0.29, 0.717) is 37.6 Å². The minimum Gasteiger partial charge on any atom is -0.294 e. The predicted molar refractivity (Wildman–Crippen MR) is 85.6 cm³/mol. The Morgan fingerprint density at radius 2 is 1.71 bits per heavy atom. The number of imidazole rings is 1. The van der Waals surface area contributed by atoms with Crippen LogP contribution in [0.25, 0.3) is 16.7 Å². The first-order chi connectivity index (χ1) is 10.0. The number of hydrogen-bond acceptors (Lipinski definition) is 1. The van der Waals surface area contributed by atoms with Crippen LogP contribution < -0.4 is 0 Å². The Kier molecular flexibility index (Phi) is 4.02. The van der Waals surface area contributed by atoms with Crippen LogP contribution in [-0.4, -0.2) is 9.55 Å². The molecule has 7 heteroatoms. The molecular formula is C14H7Cl4FN2. The highest BCUT2D eigenvalue weighted by molar-refractivity contribution is 6.43. The van der Waals surface area contributed by atoms with Crippen molar-refractivity contribution in [2.24, 2.45) is 0 Å². The number of fused-ring (bicyclic) bond motifs is 1. The van der Waals surface area contributed by atoms with Gasteiger partial charge in [0.1, 0.15) is 11.6 Å². The molecule has 0 radical (unpaired) electrons. The van der Waals surface area contributed by atoms with Crippen LogP contribution in [0, 0.1) is 5.82 Å². The summed E-state index contributed by atoms with van der Waals surface area (Å²) in [5, 5.41) is 1.06. The second-order valence-electron chi connectivity index (χ2n) is 4.35. The monoisotopic (exact) mass is 362 g/mol. The van der Waals surface area contributed by atoms with Gasteiger partial charge in [0.2, 0.25) is 0 Å². The summed E-state index contributed by atoms with van der Waals surface area (Å²) in [6.07, 6.45) is 0. The van der Waals surface area contributed by atoms with Crippen LogP contribution in [-0.2, 0) is 5.88 Å². The molecule has 0 atom stereocenters. The van der Waals surface area contributed by atoms with Crippen molar-refractivity contribution in [1.82, 2.24) is 9.55 Å². The van der Waals surface area contributed by atoms with E-state index in [1.165, 1.54) is 18.2 Å². The third kappa shape index (κ3) is 2.59. The van der Waals surface area contributed by atoms with Crippen LogP contribution in [0.2, 0.25) is 15.1 Å². The van der Waals surface area contributed by atoms with Crippen molar-refractivity contribution in [1.29, 1.82) is 0 Å².